The number of hydrogen-bond donors (Lipinski definition) is 1. The maximum Gasteiger partial charge on any atom is 0.139 e. The quantitative estimate of drug-likeness (QED) is 0.857. The molecule has 0 bridgehead atoms. The Labute approximate surface area is 110 Å². The zero-order valence-corrected chi connectivity index (χ0v) is 10.6. The van der Waals surface area contributed by atoms with Gasteiger partial charge in [0.2, 0.25) is 0 Å². The van der Waals surface area contributed by atoms with E-state index in [0.29, 0.717) is 5.02 Å². The Bertz CT molecular complexity index is 567. The van der Waals surface area contributed by atoms with Crippen molar-refractivity contribution in [3.63, 3.8) is 0 Å². The molecule has 0 spiro atoms. The summed E-state index contributed by atoms with van der Waals surface area (Å²) in [6.45, 7) is 1.66. The molecule has 0 aliphatic carbocycles. The van der Waals surface area contributed by atoms with E-state index in [-0.39, 0.29) is 6.10 Å². The average Bonchev–Trinajstić information content (AvgIpc) is 2.38. The molecule has 94 valence electrons. The number of hydrogen-bond acceptors (Lipinski definition) is 4. The van der Waals surface area contributed by atoms with E-state index in [1.165, 1.54) is 0 Å². The van der Waals surface area contributed by atoms with Crippen LogP contribution in [0.2, 0.25) is 5.02 Å². The van der Waals surface area contributed by atoms with Crippen LogP contribution in [0, 0.1) is 0 Å². The molecule has 3 rings (SSSR count). The molecule has 4 nitrogen and oxygen atoms in total. The summed E-state index contributed by atoms with van der Waals surface area (Å²) in [5.74, 6) is 0.934. The lowest BCUT2D eigenvalue weighted by Crippen LogP contribution is -2.36. The molecule has 0 amide bonds. The molecule has 18 heavy (non-hydrogen) atoms. The van der Waals surface area contributed by atoms with Gasteiger partial charge in [-0.2, -0.15) is 0 Å². The van der Waals surface area contributed by atoms with Crippen LogP contribution >= 0.6 is 11.6 Å². The normalized spacial score (nSPS) is 17.3. The molecule has 0 unspecified atom stereocenters. The van der Waals surface area contributed by atoms with Crippen LogP contribution in [0.3, 0.4) is 0 Å². The first-order chi connectivity index (χ1) is 8.74. The van der Waals surface area contributed by atoms with Crippen molar-refractivity contribution in [2.24, 2.45) is 0 Å². The fourth-order valence-corrected chi connectivity index (χ4v) is 2.51. The van der Waals surface area contributed by atoms with E-state index in [1.807, 2.05) is 18.2 Å². The second-order valence-corrected chi connectivity index (χ2v) is 5.01. The van der Waals surface area contributed by atoms with Gasteiger partial charge in [0.15, 0.2) is 0 Å². The number of piperidine rings is 1. The van der Waals surface area contributed by atoms with Gasteiger partial charge in [-0.3, -0.25) is 0 Å². The summed E-state index contributed by atoms with van der Waals surface area (Å²) in [7, 11) is 0. The van der Waals surface area contributed by atoms with Crippen LogP contribution < -0.4 is 4.90 Å². The number of halogens is 1. The molecule has 1 N–H and O–H groups in total. The number of anilines is 1. The van der Waals surface area contributed by atoms with Gasteiger partial charge < -0.3 is 10.0 Å². The fraction of sp³-hybridized carbons (Fsp3) is 0.385. The number of aliphatic hydroxyl groups excluding tert-OH is 1. The van der Waals surface area contributed by atoms with Crippen LogP contribution in [0.1, 0.15) is 12.8 Å². The van der Waals surface area contributed by atoms with E-state index in [0.717, 1.165) is 42.7 Å². The van der Waals surface area contributed by atoms with Crippen LogP contribution in [-0.2, 0) is 0 Å². The van der Waals surface area contributed by atoms with Crippen molar-refractivity contribution in [1.29, 1.82) is 0 Å². The number of aromatic nitrogens is 2. The van der Waals surface area contributed by atoms with Crippen molar-refractivity contribution in [3.8, 4) is 0 Å². The monoisotopic (exact) mass is 263 g/mol. The Hall–Kier alpha value is -1.39. The molecule has 5 heteroatoms. The van der Waals surface area contributed by atoms with Crippen molar-refractivity contribution >= 4 is 28.3 Å². The largest absolute Gasteiger partial charge is 0.393 e. The topological polar surface area (TPSA) is 49.2 Å². The maximum atomic E-state index is 9.55. The number of rotatable bonds is 1. The lowest BCUT2D eigenvalue weighted by molar-refractivity contribution is 0.145. The standard InChI is InChI=1S/C13H14ClN3O/c14-9-1-2-11-12(7-9)15-8-16-13(11)17-5-3-10(18)4-6-17/h1-2,7-8,10,18H,3-6H2. The van der Waals surface area contributed by atoms with E-state index < -0.39 is 0 Å². The van der Waals surface area contributed by atoms with Gasteiger partial charge in [0, 0.05) is 23.5 Å². The Morgan fingerprint density at radius 1 is 1.22 bits per heavy atom. The van der Waals surface area contributed by atoms with Gasteiger partial charge in [-0.15, -0.1) is 0 Å². The van der Waals surface area contributed by atoms with Gasteiger partial charge in [-0.05, 0) is 31.0 Å². The first-order valence-corrected chi connectivity index (χ1v) is 6.45. The first kappa shape index (κ1) is 11.7. The van der Waals surface area contributed by atoms with E-state index in [1.54, 1.807) is 6.33 Å². The first-order valence-electron chi connectivity index (χ1n) is 6.07. The van der Waals surface area contributed by atoms with Crippen LogP contribution in [0.4, 0.5) is 5.82 Å². The molecule has 1 aliphatic heterocycles. The predicted octanol–water partition coefficient (Wildman–Crippen LogP) is 2.24. The van der Waals surface area contributed by atoms with Gasteiger partial charge in [0.05, 0.1) is 11.6 Å². The van der Waals surface area contributed by atoms with Crippen LogP contribution in [0.5, 0.6) is 0 Å². The summed E-state index contributed by atoms with van der Waals surface area (Å²) in [5, 5.41) is 11.2. The minimum atomic E-state index is -0.177. The van der Waals surface area contributed by atoms with Gasteiger partial charge >= 0.3 is 0 Å². The summed E-state index contributed by atoms with van der Waals surface area (Å²) in [5.41, 5.74) is 0.860. The number of fused-ring (bicyclic) bond motifs is 1. The average molecular weight is 264 g/mol. The van der Waals surface area contributed by atoms with Crippen molar-refractivity contribution in [2.45, 2.75) is 18.9 Å². The molecule has 0 saturated carbocycles. The van der Waals surface area contributed by atoms with Crippen molar-refractivity contribution in [1.82, 2.24) is 9.97 Å². The van der Waals surface area contributed by atoms with Gasteiger partial charge in [-0.1, -0.05) is 11.6 Å². The molecule has 1 fully saturated rings. The fourth-order valence-electron chi connectivity index (χ4n) is 2.35. The zero-order chi connectivity index (χ0) is 12.5. The van der Waals surface area contributed by atoms with Gasteiger partial charge in [-0.25, -0.2) is 9.97 Å². The van der Waals surface area contributed by atoms with E-state index in [4.69, 9.17) is 11.6 Å². The minimum Gasteiger partial charge on any atom is -0.393 e. The predicted molar refractivity (Wildman–Crippen MR) is 72.0 cm³/mol. The molecular weight excluding hydrogens is 250 g/mol. The molecule has 2 aromatic rings. The number of benzene rings is 1. The van der Waals surface area contributed by atoms with Crippen LogP contribution in [0.15, 0.2) is 24.5 Å². The molecule has 1 aromatic carbocycles. The smallest absolute Gasteiger partial charge is 0.139 e. The Morgan fingerprint density at radius 2 is 2.00 bits per heavy atom. The van der Waals surface area contributed by atoms with Crippen molar-refractivity contribution in [2.75, 3.05) is 18.0 Å². The molecule has 0 radical (unpaired) electrons. The highest BCUT2D eigenvalue weighted by Gasteiger charge is 2.19. The second-order valence-electron chi connectivity index (χ2n) is 4.58. The highest BCUT2D eigenvalue weighted by Crippen LogP contribution is 2.27. The van der Waals surface area contributed by atoms with Gasteiger partial charge in [0.25, 0.3) is 0 Å². The molecule has 2 heterocycles. The lowest BCUT2D eigenvalue weighted by atomic mass is 10.1. The summed E-state index contributed by atoms with van der Waals surface area (Å²) in [6.07, 6.45) is 2.97. The summed E-state index contributed by atoms with van der Waals surface area (Å²) >= 11 is 5.97. The van der Waals surface area contributed by atoms with E-state index in [9.17, 15) is 5.11 Å². The zero-order valence-electron chi connectivity index (χ0n) is 9.88. The number of nitrogens with zero attached hydrogens (tertiary/aromatic N) is 3. The third kappa shape index (κ3) is 2.13. The highest BCUT2D eigenvalue weighted by molar-refractivity contribution is 6.31. The molecule has 1 saturated heterocycles. The van der Waals surface area contributed by atoms with Crippen molar-refractivity contribution < 1.29 is 5.11 Å². The molecule has 0 atom stereocenters. The summed E-state index contributed by atoms with van der Waals surface area (Å²) in [6, 6.07) is 5.66. The maximum absolute atomic E-state index is 9.55. The Balaban J connectivity index is 2.01. The lowest BCUT2D eigenvalue weighted by Gasteiger charge is -2.31. The Morgan fingerprint density at radius 3 is 2.78 bits per heavy atom. The summed E-state index contributed by atoms with van der Waals surface area (Å²) in [4.78, 5) is 10.8. The SMILES string of the molecule is OC1CCN(c2ncnc3cc(Cl)ccc23)CC1. The highest BCUT2D eigenvalue weighted by atomic mass is 35.5. The molecule has 1 aliphatic rings. The van der Waals surface area contributed by atoms with Crippen molar-refractivity contribution in [3.05, 3.63) is 29.5 Å². The minimum absolute atomic E-state index is 0.177. The van der Waals surface area contributed by atoms with Gasteiger partial charge in [0.1, 0.15) is 12.1 Å². The third-order valence-corrected chi connectivity index (χ3v) is 3.58. The molecule has 1 aromatic heterocycles. The molecular formula is C13H14ClN3O. The summed E-state index contributed by atoms with van der Waals surface area (Å²) < 4.78 is 0. The number of aliphatic hydroxyl groups is 1. The Kier molecular flexibility index (Phi) is 3.06. The van der Waals surface area contributed by atoms with Crippen LogP contribution in [-0.4, -0.2) is 34.3 Å². The second kappa shape index (κ2) is 4.71. The van der Waals surface area contributed by atoms with E-state index in [2.05, 4.69) is 14.9 Å². The third-order valence-electron chi connectivity index (χ3n) is 3.34. The van der Waals surface area contributed by atoms with Crippen LogP contribution in [0.25, 0.3) is 10.9 Å². The van der Waals surface area contributed by atoms with E-state index >= 15 is 0 Å².